The summed E-state index contributed by atoms with van der Waals surface area (Å²) in [4.78, 5) is 49.5. The third-order valence-electron chi connectivity index (χ3n) is 4.74. The average molecular weight is 414 g/mol. The van der Waals surface area contributed by atoms with Gasteiger partial charge < -0.3 is 15.4 Å². The molecule has 30 heavy (non-hydrogen) atoms. The quantitative estimate of drug-likeness (QED) is 0.470. The summed E-state index contributed by atoms with van der Waals surface area (Å²) in [5.74, 6) is -1.53. The number of nitrogens with one attached hydrogen (secondary N) is 2. The average Bonchev–Trinajstić information content (AvgIpc) is 2.90. The van der Waals surface area contributed by atoms with Crippen LogP contribution < -0.4 is 10.6 Å². The minimum atomic E-state index is -1.04. The summed E-state index contributed by atoms with van der Waals surface area (Å²) in [6, 6.07) is 8.07. The number of carbonyl (C=O) groups excluding carboxylic acids is 4. The van der Waals surface area contributed by atoms with Crippen LogP contribution in [0, 0.1) is 17.2 Å². The molecule has 0 radical (unpaired) electrons. The summed E-state index contributed by atoms with van der Waals surface area (Å²) in [5, 5.41) is 13.8. The Bertz CT molecular complexity index is 859. The molecule has 160 valence electrons. The van der Waals surface area contributed by atoms with Crippen LogP contribution in [0.5, 0.6) is 0 Å². The molecule has 1 aromatic rings. The normalized spacial score (nSPS) is 18.2. The number of benzene rings is 1. The van der Waals surface area contributed by atoms with E-state index in [0.29, 0.717) is 18.0 Å². The molecular formula is C21H26N4O5. The molecule has 1 aliphatic heterocycles. The SMILES string of the molecule is CC(C)CC[C@]1(C)NC(=O)N(CC(=O)OCC(=O)Nc2ccc(CC#N)cc2)C1=O. The third-order valence-corrected chi connectivity index (χ3v) is 4.74. The molecule has 9 heteroatoms. The number of ether oxygens (including phenoxy) is 1. The van der Waals surface area contributed by atoms with Gasteiger partial charge in [0.1, 0.15) is 12.1 Å². The smallest absolute Gasteiger partial charge is 0.326 e. The fraction of sp³-hybridized carbons (Fsp3) is 0.476. The number of urea groups is 1. The van der Waals surface area contributed by atoms with Crippen molar-refractivity contribution >= 4 is 29.5 Å². The summed E-state index contributed by atoms with van der Waals surface area (Å²) < 4.78 is 4.90. The van der Waals surface area contributed by atoms with Crippen molar-refractivity contribution in [1.29, 1.82) is 5.26 Å². The van der Waals surface area contributed by atoms with Crippen molar-refractivity contribution in [3.8, 4) is 6.07 Å². The molecule has 2 N–H and O–H groups in total. The number of rotatable bonds is 9. The van der Waals surface area contributed by atoms with Crippen LogP contribution in [0.25, 0.3) is 0 Å². The zero-order valence-electron chi connectivity index (χ0n) is 17.4. The molecule has 1 saturated heterocycles. The largest absolute Gasteiger partial charge is 0.454 e. The van der Waals surface area contributed by atoms with Gasteiger partial charge in [-0.3, -0.25) is 19.3 Å². The van der Waals surface area contributed by atoms with Crippen molar-refractivity contribution in [3.63, 3.8) is 0 Å². The van der Waals surface area contributed by atoms with Gasteiger partial charge in [0.15, 0.2) is 6.61 Å². The molecule has 0 bridgehead atoms. The molecule has 0 aliphatic carbocycles. The van der Waals surface area contributed by atoms with Crippen LogP contribution in [0.2, 0.25) is 0 Å². The monoisotopic (exact) mass is 414 g/mol. The van der Waals surface area contributed by atoms with E-state index in [9.17, 15) is 19.2 Å². The van der Waals surface area contributed by atoms with Gasteiger partial charge in [0.25, 0.3) is 11.8 Å². The molecule has 1 atom stereocenters. The minimum Gasteiger partial charge on any atom is -0.454 e. The zero-order valence-corrected chi connectivity index (χ0v) is 17.4. The molecule has 9 nitrogen and oxygen atoms in total. The maximum Gasteiger partial charge on any atom is 0.326 e. The number of esters is 1. The molecule has 1 aromatic carbocycles. The molecule has 0 spiro atoms. The zero-order chi connectivity index (χ0) is 22.3. The predicted molar refractivity (Wildman–Crippen MR) is 108 cm³/mol. The van der Waals surface area contributed by atoms with Gasteiger partial charge in [0, 0.05) is 5.69 Å². The van der Waals surface area contributed by atoms with Crippen LogP contribution in [0.3, 0.4) is 0 Å². The fourth-order valence-electron chi connectivity index (χ4n) is 2.95. The lowest BCUT2D eigenvalue weighted by Gasteiger charge is -2.22. The van der Waals surface area contributed by atoms with Crippen molar-refractivity contribution in [2.45, 2.75) is 45.6 Å². The predicted octanol–water partition coefficient (Wildman–Crippen LogP) is 1.98. The first kappa shape index (κ1) is 22.9. The van der Waals surface area contributed by atoms with Crippen molar-refractivity contribution in [1.82, 2.24) is 10.2 Å². The molecule has 4 amide bonds. The first-order valence-electron chi connectivity index (χ1n) is 9.70. The molecule has 2 rings (SSSR count). The van der Waals surface area contributed by atoms with Gasteiger partial charge >= 0.3 is 12.0 Å². The van der Waals surface area contributed by atoms with E-state index in [1.165, 1.54) is 0 Å². The summed E-state index contributed by atoms with van der Waals surface area (Å²) >= 11 is 0. The lowest BCUT2D eigenvalue weighted by atomic mass is 9.92. The van der Waals surface area contributed by atoms with Crippen molar-refractivity contribution in [3.05, 3.63) is 29.8 Å². The van der Waals surface area contributed by atoms with Gasteiger partial charge in [-0.05, 0) is 43.4 Å². The van der Waals surface area contributed by atoms with E-state index in [-0.39, 0.29) is 6.42 Å². The lowest BCUT2D eigenvalue weighted by Crippen LogP contribution is -2.44. The van der Waals surface area contributed by atoms with Crippen LogP contribution in [0.1, 0.15) is 39.2 Å². The molecule has 1 aliphatic rings. The maximum atomic E-state index is 12.6. The van der Waals surface area contributed by atoms with Crippen LogP contribution >= 0.6 is 0 Å². The highest BCUT2D eigenvalue weighted by atomic mass is 16.5. The van der Waals surface area contributed by atoms with Crippen molar-refractivity contribution in [2.75, 3.05) is 18.5 Å². The number of nitrogens with zero attached hydrogens (tertiary/aromatic N) is 2. The highest BCUT2D eigenvalue weighted by molar-refractivity contribution is 6.08. The van der Waals surface area contributed by atoms with E-state index in [0.717, 1.165) is 16.9 Å². The van der Waals surface area contributed by atoms with Gasteiger partial charge in [0.2, 0.25) is 0 Å². The first-order valence-corrected chi connectivity index (χ1v) is 9.70. The van der Waals surface area contributed by atoms with Crippen LogP contribution in [0.15, 0.2) is 24.3 Å². The highest BCUT2D eigenvalue weighted by Crippen LogP contribution is 2.24. The van der Waals surface area contributed by atoms with E-state index in [1.54, 1.807) is 31.2 Å². The highest BCUT2D eigenvalue weighted by Gasteiger charge is 2.48. The standard InChI is InChI=1S/C21H26N4O5/c1-14(2)8-10-21(3)19(28)25(20(29)24-21)12-18(27)30-13-17(26)23-16-6-4-15(5-7-16)9-11-22/h4-7,14H,8-10,12-13H2,1-3H3,(H,23,26)(H,24,29)/t21-/m0/s1. The Morgan fingerprint density at radius 1 is 1.27 bits per heavy atom. The second-order valence-corrected chi connectivity index (χ2v) is 7.83. The molecule has 0 saturated carbocycles. The maximum absolute atomic E-state index is 12.6. The third kappa shape index (κ3) is 6.04. The lowest BCUT2D eigenvalue weighted by molar-refractivity contribution is -0.150. The molecule has 0 aromatic heterocycles. The number of nitriles is 1. The molecular weight excluding hydrogens is 388 g/mol. The summed E-state index contributed by atoms with van der Waals surface area (Å²) in [7, 11) is 0. The number of anilines is 1. The van der Waals surface area contributed by atoms with Gasteiger partial charge in [-0.1, -0.05) is 26.0 Å². The first-order chi connectivity index (χ1) is 14.1. The van der Waals surface area contributed by atoms with Crippen LogP contribution in [-0.4, -0.2) is 47.4 Å². The summed E-state index contributed by atoms with van der Waals surface area (Å²) in [5.41, 5.74) is 0.264. The summed E-state index contributed by atoms with van der Waals surface area (Å²) in [6.45, 7) is 4.57. The van der Waals surface area contributed by atoms with E-state index in [4.69, 9.17) is 10.00 Å². The number of imide groups is 1. The van der Waals surface area contributed by atoms with E-state index in [1.807, 2.05) is 19.9 Å². The Balaban J connectivity index is 1.82. The van der Waals surface area contributed by atoms with Crippen molar-refractivity contribution in [2.24, 2.45) is 5.92 Å². The van der Waals surface area contributed by atoms with Gasteiger partial charge in [-0.2, -0.15) is 5.26 Å². The Kier molecular flexibility index (Phi) is 7.53. The Morgan fingerprint density at radius 3 is 2.53 bits per heavy atom. The Morgan fingerprint density at radius 2 is 1.93 bits per heavy atom. The topological polar surface area (TPSA) is 129 Å². The second kappa shape index (κ2) is 9.87. The molecule has 1 heterocycles. The fourth-order valence-corrected chi connectivity index (χ4v) is 2.95. The van der Waals surface area contributed by atoms with Crippen molar-refractivity contribution < 1.29 is 23.9 Å². The summed E-state index contributed by atoms with van der Waals surface area (Å²) in [6.07, 6.45) is 1.49. The van der Waals surface area contributed by atoms with E-state index < -0.39 is 42.5 Å². The van der Waals surface area contributed by atoms with Crippen LogP contribution in [0.4, 0.5) is 10.5 Å². The van der Waals surface area contributed by atoms with E-state index >= 15 is 0 Å². The number of hydrogen-bond donors (Lipinski definition) is 2. The van der Waals surface area contributed by atoms with Gasteiger partial charge in [0.05, 0.1) is 12.5 Å². The van der Waals surface area contributed by atoms with Gasteiger partial charge in [-0.15, -0.1) is 0 Å². The van der Waals surface area contributed by atoms with Crippen LogP contribution in [-0.2, 0) is 25.5 Å². The Hall–Kier alpha value is -3.41. The number of carbonyl (C=O) groups is 4. The molecule has 1 fully saturated rings. The Labute approximate surface area is 175 Å². The second-order valence-electron chi connectivity index (χ2n) is 7.83. The number of amides is 4. The number of hydrogen-bond acceptors (Lipinski definition) is 6. The minimum absolute atomic E-state index is 0.269. The molecule has 0 unspecified atom stereocenters. The van der Waals surface area contributed by atoms with E-state index in [2.05, 4.69) is 10.6 Å². The van der Waals surface area contributed by atoms with Gasteiger partial charge in [-0.25, -0.2) is 4.79 Å².